The van der Waals surface area contributed by atoms with Gasteiger partial charge in [-0.15, -0.1) is 0 Å². The van der Waals surface area contributed by atoms with Gasteiger partial charge in [-0.1, -0.05) is 97.1 Å². The molecule has 10 aromatic rings. The quantitative estimate of drug-likeness (QED) is 0.174. The Morgan fingerprint density at radius 1 is 0.462 bits per heavy atom. The first kappa shape index (κ1) is 29.0. The monoisotopic (exact) mass is 687 g/mol. The van der Waals surface area contributed by atoms with Gasteiger partial charge in [0.15, 0.2) is 13.0 Å². The molecule has 1 unspecified atom stereocenters. The Morgan fingerprint density at radius 3 is 1.71 bits per heavy atom. The second kappa shape index (κ2) is 10.9. The predicted octanol–water partition coefficient (Wildman–Crippen LogP) is 8.14. The average Bonchev–Trinajstić information content (AvgIpc) is 3.82. The molecule has 0 fully saturated rings. The Bertz CT molecular complexity index is 2890. The van der Waals surface area contributed by atoms with Gasteiger partial charge in [0.05, 0.1) is 11.0 Å². The van der Waals surface area contributed by atoms with E-state index in [-0.39, 0.29) is 0 Å². The maximum absolute atomic E-state index is 15.2. The zero-order valence-corrected chi connectivity index (χ0v) is 28.4. The third-order valence-electron chi connectivity index (χ3n) is 10.1. The van der Waals surface area contributed by atoms with Crippen molar-refractivity contribution >= 4 is 66.9 Å². The van der Waals surface area contributed by atoms with Crippen LogP contribution < -0.4 is 15.9 Å². The molecule has 0 N–H and O–H groups in total. The third-order valence-corrected chi connectivity index (χ3v) is 13.3. The van der Waals surface area contributed by atoms with E-state index in [1.807, 2.05) is 102 Å². The third kappa shape index (κ3) is 3.98. The normalized spacial score (nSPS) is 15.1. The summed E-state index contributed by atoms with van der Waals surface area (Å²) in [5.74, 6) is 1.34. The summed E-state index contributed by atoms with van der Waals surface area (Å²) < 4.78 is 19.2. The molecule has 1 atom stereocenters. The van der Waals surface area contributed by atoms with Gasteiger partial charge in [-0.2, -0.15) is 15.0 Å². The number of hydrogen-bond donors (Lipinski definition) is 0. The highest BCUT2D eigenvalue weighted by molar-refractivity contribution is 7.86. The summed E-state index contributed by atoms with van der Waals surface area (Å²) in [6.45, 7) is 0. The van der Waals surface area contributed by atoms with Gasteiger partial charge in [-0.25, -0.2) is 14.5 Å². The van der Waals surface area contributed by atoms with Crippen molar-refractivity contribution < 1.29 is 4.57 Å². The van der Waals surface area contributed by atoms with E-state index in [2.05, 4.69) is 53.1 Å². The highest BCUT2D eigenvalue weighted by Crippen LogP contribution is 2.52. The molecule has 244 valence electrons. The van der Waals surface area contributed by atoms with Gasteiger partial charge in [0.1, 0.15) is 11.3 Å². The topological polar surface area (TPSA) is 91.4 Å². The molecular formula is C43H26N7OP. The van der Waals surface area contributed by atoms with Crippen LogP contribution in [0.2, 0.25) is 0 Å². The van der Waals surface area contributed by atoms with Crippen LogP contribution >= 0.6 is 7.14 Å². The molecule has 1 aliphatic heterocycles. The van der Waals surface area contributed by atoms with Gasteiger partial charge in [-0.05, 0) is 59.7 Å². The standard InChI is InChI=1S/C43H26N7OP/c51-52(28-12-2-1-3-13-28)37-21-9-6-16-31(37)34-26-27(22-23-38(34)52)39-46-42(49-35-19-7-4-14-29(35)30-15-5-8-20-36(30)49)48-43(47-39)50-40-32(17-10-24-44-40)33-18-11-25-45-41(33)50/h1-26H. The molecule has 0 amide bonds. The summed E-state index contributed by atoms with van der Waals surface area (Å²) in [7, 11) is -3.10. The lowest BCUT2D eigenvalue weighted by Gasteiger charge is -2.16. The molecule has 0 saturated heterocycles. The molecule has 1 aliphatic rings. The minimum Gasteiger partial charge on any atom is -0.309 e. The molecule has 0 aliphatic carbocycles. The molecule has 0 radical (unpaired) electrons. The zero-order valence-electron chi connectivity index (χ0n) is 27.5. The molecule has 11 rings (SSSR count). The Hall–Kier alpha value is -6.76. The molecule has 8 nitrogen and oxygen atoms in total. The molecule has 0 saturated carbocycles. The van der Waals surface area contributed by atoms with E-state index in [4.69, 9.17) is 24.9 Å². The van der Waals surface area contributed by atoms with Crippen molar-refractivity contribution in [3.63, 3.8) is 0 Å². The predicted molar refractivity (Wildman–Crippen MR) is 208 cm³/mol. The van der Waals surface area contributed by atoms with E-state index in [1.54, 1.807) is 12.4 Å². The Balaban J connectivity index is 1.21. The summed E-state index contributed by atoms with van der Waals surface area (Å²) in [5, 5.41) is 6.60. The van der Waals surface area contributed by atoms with Crippen molar-refractivity contribution in [2.75, 3.05) is 0 Å². The maximum atomic E-state index is 15.2. The second-order valence-electron chi connectivity index (χ2n) is 12.9. The highest BCUT2D eigenvalue weighted by Gasteiger charge is 2.40. The number of fused-ring (bicyclic) bond motifs is 9. The van der Waals surface area contributed by atoms with Gasteiger partial charge in [0.25, 0.3) is 0 Å². The number of pyridine rings is 2. The lowest BCUT2D eigenvalue weighted by Crippen LogP contribution is -2.20. The first-order chi connectivity index (χ1) is 25.7. The van der Waals surface area contributed by atoms with E-state index in [0.29, 0.717) is 29.0 Å². The van der Waals surface area contributed by atoms with Gasteiger partial charge in [0.2, 0.25) is 11.9 Å². The fourth-order valence-electron chi connectivity index (χ4n) is 7.87. The lowest BCUT2D eigenvalue weighted by molar-refractivity contribution is 0.593. The average molecular weight is 688 g/mol. The Morgan fingerprint density at radius 2 is 1.02 bits per heavy atom. The van der Waals surface area contributed by atoms with Crippen molar-refractivity contribution in [3.8, 4) is 34.4 Å². The highest BCUT2D eigenvalue weighted by atomic mass is 31.2. The van der Waals surface area contributed by atoms with Gasteiger partial charge < -0.3 is 4.57 Å². The first-order valence-corrected chi connectivity index (χ1v) is 18.7. The SMILES string of the molecule is O=P1(c2ccccc2)c2ccccc2-c2cc(-c3nc(-n4c5ccccc5c5ccccc54)nc(-n4c5ncccc5c5cccnc54)n3)ccc21. The van der Waals surface area contributed by atoms with E-state index in [0.717, 1.165) is 65.2 Å². The molecule has 9 heteroatoms. The van der Waals surface area contributed by atoms with Crippen LogP contribution in [-0.4, -0.2) is 34.1 Å². The summed E-state index contributed by atoms with van der Waals surface area (Å²) >= 11 is 0. The number of rotatable bonds is 4. The van der Waals surface area contributed by atoms with E-state index in [1.165, 1.54) is 0 Å². The number of benzene rings is 5. The molecule has 5 aromatic carbocycles. The summed E-state index contributed by atoms with van der Waals surface area (Å²) in [4.78, 5) is 25.2. The van der Waals surface area contributed by atoms with Crippen LogP contribution in [0.25, 0.3) is 78.3 Å². The molecular weight excluding hydrogens is 661 g/mol. The lowest BCUT2D eigenvalue weighted by atomic mass is 10.0. The molecule has 5 aromatic heterocycles. The minimum atomic E-state index is -3.10. The van der Waals surface area contributed by atoms with Crippen LogP contribution in [0.1, 0.15) is 0 Å². The number of hydrogen-bond acceptors (Lipinski definition) is 6. The Kier molecular flexibility index (Phi) is 6.06. The molecule has 52 heavy (non-hydrogen) atoms. The van der Waals surface area contributed by atoms with Crippen LogP contribution in [0.15, 0.2) is 158 Å². The van der Waals surface area contributed by atoms with Crippen molar-refractivity contribution in [2.45, 2.75) is 0 Å². The van der Waals surface area contributed by atoms with Crippen LogP contribution in [-0.2, 0) is 4.57 Å². The maximum Gasteiger partial charge on any atom is 0.242 e. The van der Waals surface area contributed by atoms with Crippen LogP contribution in [0.3, 0.4) is 0 Å². The fourth-order valence-corrected chi connectivity index (χ4v) is 10.9. The van der Waals surface area contributed by atoms with Gasteiger partial charge in [-0.3, -0.25) is 4.57 Å². The van der Waals surface area contributed by atoms with Crippen LogP contribution in [0, 0.1) is 0 Å². The molecule has 0 bridgehead atoms. The number of aromatic nitrogens is 7. The van der Waals surface area contributed by atoms with Crippen molar-refractivity contribution in [3.05, 3.63) is 158 Å². The van der Waals surface area contributed by atoms with Gasteiger partial charge in [0, 0.05) is 55.4 Å². The van der Waals surface area contributed by atoms with Crippen LogP contribution in [0.4, 0.5) is 0 Å². The van der Waals surface area contributed by atoms with E-state index in [9.17, 15) is 0 Å². The molecule has 0 spiro atoms. The van der Waals surface area contributed by atoms with Crippen LogP contribution in [0.5, 0.6) is 0 Å². The number of nitrogens with zero attached hydrogens (tertiary/aromatic N) is 7. The van der Waals surface area contributed by atoms with Crippen molar-refractivity contribution in [1.29, 1.82) is 0 Å². The van der Waals surface area contributed by atoms with Crippen molar-refractivity contribution in [2.24, 2.45) is 0 Å². The minimum absolute atomic E-state index is 0.398. The zero-order chi connectivity index (χ0) is 34.4. The number of para-hydroxylation sites is 2. The van der Waals surface area contributed by atoms with E-state index < -0.39 is 7.14 Å². The van der Waals surface area contributed by atoms with E-state index >= 15 is 4.57 Å². The fraction of sp³-hybridized carbons (Fsp3) is 0. The smallest absolute Gasteiger partial charge is 0.242 e. The summed E-state index contributed by atoms with van der Waals surface area (Å²) in [6.07, 6.45) is 3.55. The Labute approximate surface area is 297 Å². The van der Waals surface area contributed by atoms with Gasteiger partial charge >= 0.3 is 0 Å². The largest absolute Gasteiger partial charge is 0.309 e. The second-order valence-corrected chi connectivity index (χ2v) is 15.6. The summed E-state index contributed by atoms with van der Waals surface area (Å²) in [6, 6.07) is 48.4. The molecule has 6 heterocycles. The first-order valence-electron chi connectivity index (χ1n) is 17.0. The van der Waals surface area contributed by atoms with Crippen molar-refractivity contribution in [1.82, 2.24) is 34.1 Å². The summed E-state index contributed by atoms with van der Waals surface area (Å²) in [5.41, 5.74) is 6.03.